The summed E-state index contributed by atoms with van der Waals surface area (Å²) in [7, 11) is 3.61. The van der Waals surface area contributed by atoms with Crippen LogP contribution in [0.3, 0.4) is 0 Å². The van der Waals surface area contributed by atoms with Crippen LogP contribution in [0.25, 0.3) is 11.3 Å². The zero-order valence-corrected chi connectivity index (χ0v) is 11.1. The SMILES string of the molecule is COc1ccc(-c2c(Br)c(C)nn2C)cc1. The molecule has 3 nitrogen and oxygen atoms in total. The number of methoxy groups -OCH3 is 1. The Bertz CT molecular complexity index is 502. The molecule has 2 aromatic rings. The van der Waals surface area contributed by atoms with Crippen LogP contribution in [0.5, 0.6) is 5.75 Å². The summed E-state index contributed by atoms with van der Waals surface area (Å²) in [5, 5.41) is 4.37. The van der Waals surface area contributed by atoms with Crippen LogP contribution in [0.4, 0.5) is 0 Å². The molecule has 16 heavy (non-hydrogen) atoms. The summed E-state index contributed by atoms with van der Waals surface area (Å²) >= 11 is 3.56. The summed E-state index contributed by atoms with van der Waals surface area (Å²) in [4.78, 5) is 0. The molecule has 2 rings (SSSR count). The molecule has 0 aliphatic rings. The van der Waals surface area contributed by atoms with Crippen LogP contribution in [0.2, 0.25) is 0 Å². The number of halogens is 1. The first-order valence-corrected chi connectivity index (χ1v) is 5.76. The Kier molecular flexibility index (Phi) is 3.01. The number of ether oxygens (including phenoxy) is 1. The second kappa shape index (κ2) is 4.29. The standard InChI is InChI=1S/C12H13BrN2O/c1-8-11(13)12(15(2)14-8)9-4-6-10(16-3)7-5-9/h4-7H,1-3H3. The highest BCUT2D eigenvalue weighted by Gasteiger charge is 2.12. The van der Waals surface area contributed by atoms with Crippen molar-refractivity contribution in [3.63, 3.8) is 0 Å². The molecule has 0 spiro atoms. The van der Waals surface area contributed by atoms with Gasteiger partial charge in [0.1, 0.15) is 5.75 Å². The van der Waals surface area contributed by atoms with Gasteiger partial charge in [-0.25, -0.2) is 0 Å². The Morgan fingerprint density at radius 1 is 1.25 bits per heavy atom. The van der Waals surface area contributed by atoms with E-state index in [2.05, 4.69) is 21.0 Å². The summed E-state index contributed by atoms with van der Waals surface area (Å²) < 4.78 is 8.05. The number of nitrogens with zero attached hydrogens (tertiary/aromatic N) is 2. The molecule has 0 N–H and O–H groups in total. The molecule has 84 valence electrons. The lowest BCUT2D eigenvalue weighted by Gasteiger charge is -2.04. The minimum atomic E-state index is 0.860. The molecule has 0 unspecified atom stereocenters. The van der Waals surface area contributed by atoms with Gasteiger partial charge in [0.2, 0.25) is 0 Å². The Labute approximate surface area is 103 Å². The van der Waals surface area contributed by atoms with E-state index in [1.54, 1.807) is 7.11 Å². The first kappa shape index (κ1) is 11.2. The van der Waals surface area contributed by atoms with Gasteiger partial charge in [0.05, 0.1) is 23.0 Å². The van der Waals surface area contributed by atoms with Gasteiger partial charge in [-0.3, -0.25) is 4.68 Å². The van der Waals surface area contributed by atoms with Gasteiger partial charge >= 0.3 is 0 Å². The molecule has 1 aromatic carbocycles. The molecule has 0 saturated carbocycles. The quantitative estimate of drug-likeness (QED) is 0.845. The van der Waals surface area contributed by atoms with Crippen molar-refractivity contribution >= 4 is 15.9 Å². The largest absolute Gasteiger partial charge is 0.497 e. The van der Waals surface area contributed by atoms with Gasteiger partial charge < -0.3 is 4.74 Å². The molecule has 0 radical (unpaired) electrons. The minimum Gasteiger partial charge on any atom is -0.497 e. The van der Waals surface area contributed by atoms with Crippen molar-refractivity contribution in [2.75, 3.05) is 7.11 Å². The van der Waals surface area contributed by atoms with E-state index >= 15 is 0 Å². The highest BCUT2D eigenvalue weighted by Crippen LogP contribution is 2.31. The van der Waals surface area contributed by atoms with Crippen molar-refractivity contribution in [2.45, 2.75) is 6.92 Å². The predicted molar refractivity (Wildman–Crippen MR) is 67.6 cm³/mol. The van der Waals surface area contributed by atoms with E-state index in [-0.39, 0.29) is 0 Å². The molecule has 0 fully saturated rings. The van der Waals surface area contributed by atoms with Crippen LogP contribution < -0.4 is 4.74 Å². The van der Waals surface area contributed by atoms with Crippen molar-refractivity contribution in [3.8, 4) is 17.0 Å². The maximum absolute atomic E-state index is 5.14. The maximum Gasteiger partial charge on any atom is 0.118 e. The molecule has 1 heterocycles. The molecule has 0 aliphatic heterocycles. The number of hydrogen-bond acceptors (Lipinski definition) is 2. The van der Waals surface area contributed by atoms with Gasteiger partial charge in [0.25, 0.3) is 0 Å². The lowest BCUT2D eigenvalue weighted by molar-refractivity contribution is 0.415. The molecule has 4 heteroatoms. The van der Waals surface area contributed by atoms with E-state index in [9.17, 15) is 0 Å². The van der Waals surface area contributed by atoms with Gasteiger partial charge in [-0.05, 0) is 47.1 Å². The highest BCUT2D eigenvalue weighted by molar-refractivity contribution is 9.10. The molecule has 0 atom stereocenters. The molecular formula is C12H13BrN2O. The molecule has 0 aliphatic carbocycles. The summed E-state index contributed by atoms with van der Waals surface area (Å²) in [5.74, 6) is 0.860. The fraction of sp³-hybridized carbons (Fsp3) is 0.250. The van der Waals surface area contributed by atoms with Gasteiger partial charge in [0, 0.05) is 12.6 Å². The number of benzene rings is 1. The van der Waals surface area contributed by atoms with E-state index in [0.29, 0.717) is 0 Å². The molecule has 0 amide bonds. The van der Waals surface area contributed by atoms with Gasteiger partial charge in [-0.2, -0.15) is 5.10 Å². The smallest absolute Gasteiger partial charge is 0.118 e. The van der Waals surface area contributed by atoms with E-state index in [1.807, 2.05) is 42.9 Å². The lowest BCUT2D eigenvalue weighted by Crippen LogP contribution is -1.94. The van der Waals surface area contributed by atoms with Crippen molar-refractivity contribution in [1.29, 1.82) is 0 Å². The van der Waals surface area contributed by atoms with Crippen LogP contribution in [-0.2, 0) is 7.05 Å². The molecule has 0 saturated heterocycles. The number of hydrogen-bond donors (Lipinski definition) is 0. The van der Waals surface area contributed by atoms with Crippen molar-refractivity contribution in [3.05, 3.63) is 34.4 Å². The fourth-order valence-corrected chi connectivity index (χ4v) is 2.26. The number of rotatable bonds is 2. The average Bonchev–Trinajstić information content (AvgIpc) is 2.54. The van der Waals surface area contributed by atoms with E-state index in [1.165, 1.54) is 0 Å². The second-order valence-electron chi connectivity index (χ2n) is 3.60. The van der Waals surface area contributed by atoms with Gasteiger partial charge in [-0.15, -0.1) is 0 Å². The minimum absolute atomic E-state index is 0.860. The van der Waals surface area contributed by atoms with Crippen molar-refractivity contribution < 1.29 is 4.74 Å². The number of aryl methyl sites for hydroxylation is 2. The van der Waals surface area contributed by atoms with Crippen LogP contribution in [0.1, 0.15) is 5.69 Å². The van der Waals surface area contributed by atoms with Crippen molar-refractivity contribution in [2.24, 2.45) is 7.05 Å². The van der Waals surface area contributed by atoms with Gasteiger partial charge in [0.15, 0.2) is 0 Å². The summed E-state index contributed by atoms with van der Waals surface area (Å²) in [5.41, 5.74) is 3.20. The van der Waals surface area contributed by atoms with E-state index in [0.717, 1.165) is 27.2 Å². The van der Waals surface area contributed by atoms with Crippen LogP contribution in [-0.4, -0.2) is 16.9 Å². The Hall–Kier alpha value is -1.29. The zero-order chi connectivity index (χ0) is 11.7. The maximum atomic E-state index is 5.14. The topological polar surface area (TPSA) is 27.1 Å². The zero-order valence-electron chi connectivity index (χ0n) is 9.49. The van der Waals surface area contributed by atoms with E-state index in [4.69, 9.17) is 4.74 Å². The molecule has 1 aromatic heterocycles. The Morgan fingerprint density at radius 2 is 1.88 bits per heavy atom. The lowest BCUT2D eigenvalue weighted by atomic mass is 10.1. The summed E-state index contributed by atoms with van der Waals surface area (Å²) in [6.45, 7) is 1.98. The number of aromatic nitrogens is 2. The summed E-state index contributed by atoms with van der Waals surface area (Å²) in [6, 6.07) is 7.95. The van der Waals surface area contributed by atoms with Crippen LogP contribution >= 0.6 is 15.9 Å². The van der Waals surface area contributed by atoms with Gasteiger partial charge in [-0.1, -0.05) is 0 Å². The molecular weight excluding hydrogens is 268 g/mol. The second-order valence-corrected chi connectivity index (χ2v) is 4.39. The predicted octanol–water partition coefficient (Wildman–Crippen LogP) is 3.17. The first-order valence-electron chi connectivity index (χ1n) is 4.97. The molecule has 0 bridgehead atoms. The normalized spacial score (nSPS) is 10.5. The van der Waals surface area contributed by atoms with Crippen LogP contribution in [0.15, 0.2) is 28.7 Å². The van der Waals surface area contributed by atoms with Crippen LogP contribution in [0, 0.1) is 6.92 Å². The first-order chi connectivity index (χ1) is 7.63. The summed E-state index contributed by atoms with van der Waals surface area (Å²) in [6.07, 6.45) is 0. The fourth-order valence-electron chi connectivity index (χ4n) is 1.69. The Morgan fingerprint density at radius 3 is 2.31 bits per heavy atom. The third-order valence-corrected chi connectivity index (χ3v) is 3.46. The Balaban J connectivity index is 2.50. The van der Waals surface area contributed by atoms with E-state index < -0.39 is 0 Å². The third kappa shape index (κ3) is 1.85. The van der Waals surface area contributed by atoms with Crippen molar-refractivity contribution in [1.82, 2.24) is 9.78 Å². The highest BCUT2D eigenvalue weighted by atomic mass is 79.9. The third-order valence-electron chi connectivity index (χ3n) is 2.51. The average molecular weight is 281 g/mol. The monoisotopic (exact) mass is 280 g/mol.